The molecule has 0 unspecified atom stereocenters. The van der Waals surface area contributed by atoms with E-state index in [2.05, 4.69) is 35.9 Å². The molecule has 0 saturated heterocycles. The second kappa shape index (κ2) is 8.70. The van der Waals surface area contributed by atoms with E-state index in [1.165, 1.54) is 23.5 Å². The van der Waals surface area contributed by atoms with Crippen LogP contribution in [0.3, 0.4) is 0 Å². The number of rotatable bonds is 7. The maximum absolute atomic E-state index is 12.2. The molecule has 2 aromatic heterocycles. The van der Waals surface area contributed by atoms with E-state index in [1.54, 1.807) is 24.5 Å². The first kappa shape index (κ1) is 19.6. The Hall–Kier alpha value is -2.14. The third kappa shape index (κ3) is 5.42. The van der Waals surface area contributed by atoms with Crippen LogP contribution in [0.15, 0.2) is 63.5 Å². The molecule has 0 spiro atoms. The molecule has 0 radical (unpaired) electrons. The van der Waals surface area contributed by atoms with E-state index in [9.17, 15) is 13.2 Å². The molecule has 3 rings (SSSR count). The van der Waals surface area contributed by atoms with E-state index in [4.69, 9.17) is 0 Å². The Morgan fingerprint density at radius 1 is 1.22 bits per heavy atom. The lowest BCUT2D eigenvalue weighted by Crippen LogP contribution is -2.27. The van der Waals surface area contributed by atoms with Crippen LogP contribution in [0.25, 0.3) is 11.3 Å². The Kier molecular flexibility index (Phi) is 6.32. The summed E-state index contributed by atoms with van der Waals surface area (Å²) in [5.74, 6) is -0.320. The number of carbonyl (C=O) groups excluding carboxylic acids is 1. The van der Waals surface area contributed by atoms with Gasteiger partial charge in [-0.2, -0.15) is 0 Å². The molecule has 0 saturated carbocycles. The molecule has 1 amide bonds. The maximum atomic E-state index is 12.2. The zero-order valence-electron chi connectivity index (χ0n) is 13.9. The Bertz CT molecular complexity index is 1040. The van der Waals surface area contributed by atoms with Gasteiger partial charge in [0.2, 0.25) is 15.9 Å². The molecule has 2 heterocycles. The molecule has 1 aromatic carbocycles. The fourth-order valence-corrected chi connectivity index (χ4v) is 4.54. The highest BCUT2D eigenvalue weighted by Crippen LogP contribution is 2.24. The summed E-state index contributed by atoms with van der Waals surface area (Å²) in [5.41, 5.74) is 1.58. The van der Waals surface area contributed by atoms with E-state index in [1.807, 2.05) is 17.5 Å². The number of pyridine rings is 1. The van der Waals surface area contributed by atoms with Gasteiger partial charge in [0.05, 0.1) is 10.6 Å². The minimum Gasteiger partial charge on any atom is -0.302 e. The van der Waals surface area contributed by atoms with Crippen molar-refractivity contribution in [2.75, 3.05) is 11.9 Å². The molecule has 0 aliphatic carbocycles. The van der Waals surface area contributed by atoms with Gasteiger partial charge in [-0.3, -0.25) is 9.78 Å². The van der Waals surface area contributed by atoms with Gasteiger partial charge < -0.3 is 5.32 Å². The van der Waals surface area contributed by atoms with Gasteiger partial charge in [-0.25, -0.2) is 18.1 Å². The number of nitrogens with one attached hydrogen (secondary N) is 2. The minimum absolute atomic E-state index is 0.00492. The Morgan fingerprint density at radius 2 is 2.07 bits per heavy atom. The molecular weight excluding hydrogens is 452 g/mol. The summed E-state index contributed by atoms with van der Waals surface area (Å²) >= 11 is 4.53. The molecule has 0 fully saturated rings. The highest BCUT2D eigenvalue weighted by atomic mass is 79.9. The maximum Gasteiger partial charge on any atom is 0.240 e. The fourth-order valence-electron chi connectivity index (χ4n) is 2.18. The van der Waals surface area contributed by atoms with E-state index in [0.29, 0.717) is 9.60 Å². The van der Waals surface area contributed by atoms with Crippen molar-refractivity contribution < 1.29 is 13.2 Å². The molecule has 140 valence electrons. The van der Waals surface area contributed by atoms with Crippen LogP contribution in [0.2, 0.25) is 0 Å². The third-order valence-electron chi connectivity index (χ3n) is 3.46. The predicted octanol–water partition coefficient (Wildman–Crippen LogP) is 3.27. The van der Waals surface area contributed by atoms with Crippen molar-refractivity contribution in [2.24, 2.45) is 0 Å². The van der Waals surface area contributed by atoms with Gasteiger partial charge in [-0.1, -0.05) is 22.0 Å². The number of hydrogen-bond acceptors (Lipinski definition) is 6. The van der Waals surface area contributed by atoms with E-state index < -0.39 is 10.0 Å². The largest absolute Gasteiger partial charge is 0.302 e. The lowest BCUT2D eigenvalue weighted by atomic mass is 10.2. The monoisotopic (exact) mass is 466 g/mol. The smallest absolute Gasteiger partial charge is 0.240 e. The van der Waals surface area contributed by atoms with Crippen molar-refractivity contribution in [1.29, 1.82) is 0 Å². The van der Waals surface area contributed by atoms with E-state index >= 15 is 0 Å². The normalized spacial score (nSPS) is 11.3. The first-order valence-corrected chi connectivity index (χ1v) is 11.0. The third-order valence-corrected chi connectivity index (χ3v) is 6.17. The molecular formula is C17H15BrN4O3S2. The van der Waals surface area contributed by atoms with Crippen LogP contribution >= 0.6 is 27.3 Å². The summed E-state index contributed by atoms with van der Waals surface area (Å²) in [5, 5.41) is 4.95. The summed E-state index contributed by atoms with van der Waals surface area (Å²) in [4.78, 5) is 20.5. The molecule has 0 bridgehead atoms. The summed E-state index contributed by atoms with van der Waals surface area (Å²) in [6.07, 6.45) is 3.36. The number of carbonyl (C=O) groups is 1. The lowest BCUT2D eigenvalue weighted by Gasteiger charge is -2.07. The Morgan fingerprint density at radius 3 is 2.81 bits per heavy atom. The highest BCUT2D eigenvalue weighted by molar-refractivity contribution is 9.10. The lowest BCUT2D eigenvalue weighted by molar-refractivity contribution is -0.116. The zero-order valence-corrected chi connectivity index (χ0v) is 17.1. The molecule has 0 aliphatic rings. The second-order valence-electron chi connectivity index (χ2n) is 5.43. The van der Waals surface area contributed by atoms with Crippen molar-refractivity contribution in [1.82, 2.24) is 14.7 Å². The number of aromatic nitrogens is 2. The van der Waals surface area contributed by atoms with Crippen LogP contribution in [0.4, 0.5) is 5.13 Å². The van der Waals surface area contributed by atoms with Gasteiger partial charge in [0.1, 0.15) is 0 Å². The molecule has 0 atom stereocenters. The fraction of sp³-hybridized carbons (Fsp3) is 0.118. The number of benzene rings is 1. The van der Waals surface area contributed by atoms with Crippen LogP contribution < -0.4 is 10.0 Å². The van der Waals surface area contributed by atoms with Crippen molar-refractivity contribution in [3.8, 4) is 11.3 Å². The number of amides is 1. The summed E-state index contributed by atoms with van der Waals surface area (Å²) in [7, 11) is -3.66. The minimum atomic E-state index is -3.66. The molecule has 27 heavy (non-hydrogen) atoms. The van der Waals surface area contributed by atoms with Crippen molar-refractivity contribution in [3.63, 3.8) is 0 Å². The molecule has 3 aromatic rings. The van der Waals surface area contributed by atoms with Crippen LogP contribution in [0, 0.1) is 0 Å². The second-order valence-corrected chi connectivity index (χ2v) is 8.97. The number of thiazole rings is 1. The quantitative estimate of drug-likeness (QED) is 0.556. The molecule has 7 nitrogen and oxygen atoms in total. The standard InChI is InChI=1S/C17H15BrN4O3S2/c18-13-4-1-5-14(9-13)27(24,25)20-8-6-16(23)22-17-21-15(11-26-17)12-3-2-7-19-10-12/h1-5,7,9-11,20H,6,8H2,(H,21,22,23). The number of halogens is 1. The number of nitrogens with zero attached hydrogens (tertiary/aromatic N) is 2. The summed E-state index contributed by atoms with van der Waals surface area (Å²) in [6, 6.07) is 10.0. The van der Waals surface area contributed by atoms with Crippen molar-refractivity contribution in [3.05, 3.63) is 58.6 Å². The average molecular weight is 467 g/mol. The SMILES string of the molecule is O=C(CCNS(=O)(=O)c1cccc(Br)c1)Nc1nc(-c2cccnc2)cs1. The van der Waals surface area contributed by atoms with Crippen LogP contribution in [-0.2, 0) is 14.8 Å². The Labute approximate surface area is 169 Å². The van der Waals surface area contributed by atoms with Crippen molar-refractivity contribution in [2.45, 2.75) is 11.3 Å². The number of hydrogen-bond donors (Lipinski definition) is 2. The zero-order chi connectivity index (χ0) is 19.3. The average Bonchev–Trinajstić information content (AvgIpc) is 3.11. The van der Waals surface area contributed by atoms with Gasteiger partial charge in [0, 0.05) is 40.8 Å². The van der Waals surface area contributed by atoms with Crippen molar-refractivity contribution >= 4 is 48.3 Å². The van der Waals surface area contributed by atoms with E-state index in [0.717, 1.165) is 11.3 Å². The highest BCUT2D eigenvalue weighted by Gasteiger charge is 2.15. The van der Waals surface area contributed by atoms with Gasteiger partial charge in [0.25, 0.3) is 0 Å². The van der Waals surface area contributed by atoms with Crippen LogP contribution in [-0.4, -0.2) is 30.8 Å². The topological polar surface area (TPSA) is 101 Å². The predicted molar refractivity (Wildman–Crippen MR) is 108 cm³/mol. The number of anilines is 1. The van der Waals surface area contributed by atoms with E-state index in [-0.39, 0.29) is 23.8 Å². The van der Waals surface area contributed by atoms with Crippen LogP contribution in [0.1, 0.15) is 6.42 Å². The first-order chi connectivity index (χ1) is 12.9. The molecule has 2 N–H and O–H groups in total. The van der Waals surface area contributed by atoms with Gasteiger partial charge in [-0.05, 0) is 30.3 Å². The van der Waals surface area contributed by atoms with Crippen LogP contribution in [0.5, 0.6) is 0 Å². The first-order valence-electron chi connectivity index (χ1n) is 7.85. The van der Waals surface area contributed by atoms with Gasteiger partial charge in [-0.15, -0.1) is 11.3 Å². The molecule has 10 heteroatoms. The summed E-state index contributed by atoms with van der Waals surface area (Å²) < 4.78 is 27.5. The number of sulfonamides is 1. The molecule has 0 aliphatic heterocycles. The van der Waals surface area contributed by atoms with Gasteiger partial charge in [0.15, 0.2) is 5.13 Å². The Balaban J connectivity index is 1.52. The summed E-state index contributed by atoms with van der Waals surface area (Å²) in [6.45, 7) is -0.0124. The van der Waals surface area contributed by atoms with Gasteiger partial charge >= 0.3 is 0 Å².